The van der Waals surface area contributed by atoms with Crippen molar-refractivity contribution in [2.24, 2.45) is 5.92 Å². The second-order valence-electron chi connectivity index (χ2n) is 8.25. The number of likely N-dealkylation sites (tertiary alicyclic amines) is 1. The summed E-state index contributed by atoms with van der Waals surface area (Å²) >= 11 is 0. The van der Waals surface area contributed by atoms with Gasteiger partial charge in [0.15, 0.2) is 0 Å². The molecular formula is C27H29N3O2. The van der Waals surface area contributed by atoms with E-state index in [1.165, 1.54) is 5.56 Å². The van der Waals surface area contributed by atoms with Gasteiger partial charge in [0, 0.05) is 31.6 Å². The van der Waals surface area contributed by atoms with Crippen LogP contribution in [0.15, 0.2) is 85.1 Å². The summed E-state index contributed by atoms with van der Waals surface area (Å²) in [6.07, 6.45) is 4.38. The summed E-state index contributed by atoms with van der Waals surface area (Å²) in [5.41, 5.74) is 3.00. The summed E-state index contributed by atoms with van der Waals surface area (Å²) < 4.78 is 0. The van der Waals surface area contributed by atoms with Crippen LogP contribution < -0.4 is 5.32 Å². The maximum Gasteiger partial charge on any atom is 0.224 e. The Labute approximate surface area is 189 Å². The highest BCUT2D eigenvalue weighted by Gasteiger charge is 2.29. The zero-order chi connectivity index (χ0) is 22.2. The number of rotatable bonds is 7. The molecule has 2 amide bonds. The Morgan fingerprint density at radius 2 is 1.56 bits per heavy atom. The highest BCUT2D eigenvalue weighted by atomic mass is 16.2. The first-order valence-electron chi connectivity index (χ1n) is 11.3. The smallest absolute Gasteiger partial charge is 0.224 e. The fourth-order valence-corrected chi connectivity index (χ4v) is 4.23. The minimum absolute atomic E-state index is 0.0286. The first-order valence-corrected chi connectivity index (χ1v) is 11.3. The highest BCUT2D eigenvalue weighted by Crippen LogP contribution is 2.24. The van der Waals surface area contributed by atoms with Gasteiger partial charge in [-0.2, -0.15) is 0 Å². The van der Waals surface area contributed by atoms with Crippen molar-refractivity contribution in [1.29, 1.82) is 0 Å². The molecule has 32 heavy (non-hydrogen) atoms. The van der Waals surface area contributed by atoms with Crippen molar-refractivity contribution in [2.75, 3.05) is 13.1 Å². The molecule has 2 aromatic carbocycles. The van der Waals surface area contributed by atoms with Gasteiger partial charge in [-0.25, -0.2) is 0 Å². The lowest BCUT2D eigenvalue weighted by molar-refractivity contribution is -0.135. The van der Waals surface area contributed by atoms with Crippen molar-refractivity contribution >= 4 is 11.8 Å². The molecule has 164 valence electrons. The van der Waals surface area contributed by atoms with E-state index in [-0.39, 0.29) is 23.8 Å². The van der Waals surface area contributed by atoms with Gasteiger partial charge in [0.1, 0.15) is 0 Å². The van der Waals surface area contributed by atoms with Crippen LogP contribution in [0.5, 0.6) is 0 Å². The Hall–Kier alpha value is -3.47. The molecule has 1 aliphatic heterocycles. The van der Waals surface area contributed by atoms with Gasteiger partial charge in [-0.3, -0.25) is 14.6 Å². The van der Waals surface area contributed by atoms with Crippen LogP contribution in [0.1, 0.15) is 42.1 Å². The molecule has 0 saturated carbocycles. The van der Waals surface area contributed by atoms with Gasteiger partial charge in [-0.1, -0.05) is 66.7 Å². The zero-order valence-electron chi connectivity index (χ0n) is 18.2. The van der Waals surface area contributed by atoms with Gasteiger partial charge in [0.05, 0.1) is 11.7 Å². The molecule has 1 atom stereocenters. The van der Waals surface area contributed by atoms with Crippen LogP contribution in [0, 0.1) is 5.92 Å². The Kier molecular flexibility index (Phi) is 7.28. The third-order valence-corrected chi connectivity index (χ3v) is 6.09. The van der Waals surface area contributed by atoms with Crippen LogP contribution in [0.3, 0.4) is 0 Å². The molecule has 1 aliphatic rings. The predicted octanol–water partition coefficient (Wildman–Crippen LogP) is 4.16. The van der Waals surface area contributed by atoms with E-state index in [0.29, 0.717) is 32.4 Å². The second kappa shape index (κ2) is 10.7. The second-order valence-corrected chi connectivity index (χ2v) is 8.25. The van der Waals surface area contributed by atoms with E-state index in [1.54, 1.807) is 6.20 Å². The number of pyridine rings is 1. The number of aryl methyl sites for hydroxylation is 1. The number of aromatic nitrogens is 1. The van der Waals surface area contributed by atoms with Crippen molar-refractivity contribution in [3.8, 4) is 0 Å². The van der Waals surface area contributed by atoms with Crippen molar-refractivity contribution in [3.05, 3.63) is 102 Å². The SMILES string of the molecule is O=C(NC(c1ccccc1)c1ccccn1)C1CCN(C(=O)CCc2ccccc2)CC1. The van der Waals surface area contributed by atoms with Gasteiger partial charge >= 0.3 is 0 Å². The van der Waals surface area contributed by atoms with E-state index in [0.717, 1.165) is 17.7 Å². The summed E-state index contributed by atoms with van der Waals surface area (Å²) in [5, 5.41) is 3.21. The highest BCUT2D eigenvalue weighted by molar-refractivity contribution is 5.81. The number of hydrogen-bond donors (Lipinski definition) is 1. The van der Waals surface area contributed by atoms with Gasteiger partial charge < -0.3 is 10.2 Å². The summed E-state index contributed by atoms with van der Waals surface area (Å²) in [6.45, 7) is 1.26. The van der Waals surface area contributed by atoms with Gasteiger partial charge in [-0.15, -0.1) is 0 Å². The maximum atomic E-state index is 13.1. The van der Waals surface area contributed by atoms with E-state index in [4.69, 9.17) is 0 Å². The normalized spacial score (nSPS) is 15.2. The summed E-state index contributed by atoms with van der Waals surface area (Å²) in [6, 6.07) is 25.5. The number of piperidine rings is 1. The molecule has 0 radical (unpaired) electrons. The topological polar surface area (TPSA) is 62.3 Å². The van der Waals surface area contributed by atoms with Gasteiger partial charge in [0.25, 0.3) is 0 Å². The molecule has 3 aromatic rings. The van der Waals surface area contributed by atoms with Crippen LogP contribution >= 0.6 is 0 Å². The molecule has 1 aromatic heterocycles. The third-order valence-electron chi connectivity index (χ3n) is 6.09. The number of hydrogen-bond acceptors (Lipinski definition) is 3. The van der Waals surface area contributed by atoms with Crippen molar-refractivity contribution in [2.45, 2.75) is 31.7 Å². The van der Waals surface area contributed by atoms with Crippen LogP contribution in [0.4, 0.5) is 0 Å². The lowest BCUT2D eigenvalue weighted by atomic mass is 9.94. The molecule has 0 aliphatic carbocycles. The lowest BCUT2D eigenvalue weighted by Gasteiger charge is -2.32. The Morgan fingerprint density at radius 1 is 0.906 bits per heavy atom. The number of benzene rings is 2. The van der Waals surface area contributed by atoms with Crippen LogP contribution in [0.2, 0.25) is 0 Å². The molecule has 5 nitrogen and oxygen atoms in total. The molecular weight excluding hydrogens is 398 g/mol. The minimum atomic E-state index is -0.282. The van der Waals surface area contributed by atoms with Crippen molar-refractivity contribution in [1.82, 2.24) is 15.2 Å². The van der Waals surface area contributed by atoms with Crippen molar-refractivity contribution < 1.29 is 9.59 Å². The van der Waals surface area contributed by atoms with E-state index in [9.17, 15) is 9.59 Å². The molecule has 1 N–H and O–H groups in total. The number of nitrogens with zero attached hydrogens (tertiary/aromatic N) is 2. The largest absolute Gasteiger partial charge is 0.343 e. The zero-order valence-corrected chi connectivity index (χ0v) is 18.2. The molecule has 0 bridgehead atoms. The standard InChI is InChI=1S/C27H29N3O2/c31-25(15-14-21-9-3-1-4-10-21)30-19-16-23(17-20-30)27(32)29-26(22-11-5-2-6-12-22)24-13-7-8-18-28-24/h1-13,18,23,26H,14-17,19-20H2,(H,29,32). The molecule has 4 rings (SSSR count). The Morgan fingerprint density at radius 3 is 2.22 bits per heavy atom. The monoisotopic (exact) mass is 427 g/mol. The predicted molar refractivity (Wildman–Crippen MR) is 125 cm³/mol. The quantitative estimate of drug-likeness (QED) is 0.616. The van der Waals surface area contributed by atoms with Crippen LogP contribution in [-0.4, -0.2) is 34.8 Å². The fraction of sp³-hybridized carbons (Fsp3) is 0.296. The average molecular weight is 428 g/mol. The van der Waals surface area contributed by atoms with Crippen LogP contribution in [-0.2, 0) is 16.0 Å². The average Bonchev–Trinajstić information content (AvgIpc) is 2.87. The Balaban J connectivity index is 1.32. The molecule has 1 saturated heterocycles. The van der Waals surface area contributed by atoms with E-state index in [1.807, 2.05) is 71.6 Å². The van der Waals surface area contributed by atoms with E-state index >= 15 is 0 Å². The number of amides is 2. The summed E-state index contributed by atoms with van der Waals surface area (Å²) in [5.74, 6) is 0.104. The first-order chi connectivity index (χ1) is 15.7. The summed E-state index contributed by atoms with van der Waals surface area (Å²) in [4.78, 5) is 32.1. The van der Waals surface area contributed by atoms with Crippen molar-refractivity contribution in [3.63, 3.8) is 0 Å². The molecule has 1 fully saturated rings. The number of nitrogens with one attached hydrogen (secondary N) is 1. The minimum Gasteiger partial charge on any atom is -0.343 e. The van der Waals surface area contributed by atoms with Gasteiger partial charge in [0.2, 0.25) is 11.8 Å². The molecule has 2 heterocycles. The third kappa shape index (κ3) is 5.61. The number of carbonyl (C=O) groups is 2. The summed E-state index contributed by atoms with van der Waals surface area (Å²) in [7, 11) is 0. The molecule has 1 unspecified atom stereocenters. The molecule has 0 spiro atoms. The maximum absolute atomic E-state index is 13.1. The number of carbonyl (C=O) groups excluding carboxylic acids is 2. The Bertz CT molecular complexity index is 961. The van der Waals surface area contributed by atoms with E-state index in [2.05, 4.69) is 22.4 Å². The van der Waals surface area contributed by atoms with Crippen LogP contribution in [0.25, 0.3) is 0 Å². The van der Waals surface area contributed by atoms with E-state index < -0.39 is 0 Å². The van der Waals surface area contributed by atoms with Gasteiger partial charge in [-0.05, 0) is 42.5 Å². The fourth-order valence-electron chi connectivity index (χ4n) is 4.23. The lowest BCUT2D eigenvalue weighted by Crippen LogP contribution is -2.44. The molecule has 5 heteroatoms. The first kappa shape index (κ1) is 21.8.